The van der Waals surface area contributed by atoms with E-state index in [0.29, 0.717) is 6.42 Å². The van der Waals surface area contributed by atoms with Gasteiger partial charge in [0.1, 0.15) is 5.75 Å². The largest absolute Gasteiger partial charge is 0.490 e. The van der Waals surface area contributed by atoms with Crippen LogP contribution in [0.5, 0.6) is 5.75 Å². The van der Waals surface area contributed by atoms with Gasteiger partial charge in [0.25, 0.3) is 0 Å². The maximum absolute atomic E-state index is 10.7. The van der Waals surface area contributed by atoms with E-state index in [4.69, 9.17) is 10.5 Å². The average Bonchev–Trinajstić information content (AvgIpc) is 2.29. The monoisotopic (exact) mass is 247 g/mol. The number of hydrogen-bond acceptors (Lipinski definition) is 2. The van der Waals surface area contributed by atoms with Gasteiger partial charge in [-0.15, -0.1) is 0 Å². The van der Waals surface area contributed by atoms with Gasteiger partial charge in [0.15, 0.2) is 0 Å². The number of carbonyl (C=O) groups is 1. The number of ether oxygens (including phenoxy) is 1. The highest BCUT2D eigenvalue weighted by atomic mass is 16.5. The fourth-order valence-corrected chi connectivity index (χ4v) is 1.74. The summed E-state index contributed by atoms with van der Waals surface area (Å²) in [5, 5.41) is 0. The zero-order valence-electron chi connectivity index (χ0n) is 11.1. The zero-order chi connectivity index (χ0) is 13.5. The van der Waals surface area contributed by atoms with Crippen molar-refractivity contribution in [1.29, 1.82) is 0 Å². The molecule has 98 valence electrons. The number of carbonyl (C=O) groups excluding carboxylic acids is 1. The van der Waals surface area contributed by atoms with Crippen molar-refractivity contribution in [3.05, 3.63) is 35.9 Å². The molecule has 0 bridgehead atoms. The van der Waals surface area contributed by atoms with Crippen molar-refractivity contribution < 1.29 is 9.53 Å². The Morgan fingerprint density at radius 2 is 2.22 bits per heavy atom. The Labute approximate surface area is 109 Å². The molecule has 18 heavy (non-hydrogen) atoms. The molecule has 1 rings (SSSR count). The summed E-state index contributed by atoms with van der Waals surface area (Å²) in [6.45, 7) is 7.78. The van der Waals surface area contributed by atoms with E-state index in [1.165, 1.54) is 5.56 Å². The van der Waals surface area contributed by atoms with Crippen LogP contribution in [0.3, 0.4) is 0 Å². The Bertz CT molecular complexity index is 425. The molecule has 1 aromatic carbocycles. The maximum atomic E-state index is 10.7. The molecular formula is C15H21NO2. The lowest BCUT2D eigenvalue weighted by molar-refractivity contribution is -0.118. The number of amides is 1. The van der Waals surface area contributed by atoms with E-state index in [-0.39, 0.29) is 12.0 Å². The summed E-state index contributed by atoms with van der Waals surface area (Å²) < 4.78 is 5.69. The molecule has 3 heteroatoms. The van der Waals surface area contributed by atoms with Gasteiger partial charge >= 0.3 is 0 Å². The van der Waals surface area contributed by atoms with Gasteiger partial charge in [-0.05, 0) is 44.4 Å². The van der Waals surface area contributed by atoms with E-state index in [9.17, 15) is 4.79 Å². The van der Waals surface area contributed by atoms with E-state index >= 15 is 0 Å². The Balaban J connectivity index is 2.72. The van der Waals surface area contributed by atoms with Crippen molar-refractivity contribution in [1.82, 2.24) is 0 Å². The number of hydrogen-bond donors (Lipinski definition) is 1. The van der Waals surface area contributed by atoms with Crippen LogP contribution in [-0.2, 0) is 11.2 Å². The van der Waals surface area contributed by atoms with Crippen molar-refractivity contribution in [3.63, 3.8) is 0 Å². The standard InChI is InChI=1S/C15H21NO2/c1-4-13-10-12(6-5-7-15(16)17)8-9-14(13)18-11(2)3/h4,8-11H,1,5-7H2,2-3H3,(H2,16,17). The molecule has 0 spiro atoms. The summed E-state index contributed by atoms with van der Waals surface area (Å²) in [6, 6.07) is 6.02. The van der Waals surface area contributed by atoms with Crippen molar-refractivity contribution in [2.45, 2.75) is 39.2 Å². The normalized spacial score (nSPS) is 10.4. The SMILES string of the molecule is C=Cc1cc(CCCC(N)=O)ccc1OC(C)C. The summed E-state index contributed by atoms with van der Waals surface area (Å²) in [6.07, 6.45) is 3.97. The van der Waals surface area contributed by atoms with Crippen LogP contribution in [0.1, 0.15) is 37.8 Å². The summed E-state index contributed by atoms with van der Waals surface area (Å²) in [5.41, 5.74) is 7.27. The zero-order valence-corrected chi connectivity index (χ0v) is 11.1. The molecule has 0 atom stereocenters. The molecule has 0 saturated heterocycles. The number of benzene rings is 1. The topological polar surface area (TPSA) is 52.3 Å². The highest BCUT2D eigenvalue weighted by molar-refractivity contribution is 5.73. The van der Waals surface area contributed by atoms with Gasteiger partial charge in [0, 0.05) is 12.0 Å². The Hall–Kier alpha value is -1.77. The molecule has 0 aliphatic heterocycles. The minimum absolute atomic E-state index is 0.143. The summed E-state index contributed by atoms with van der Waals surface area (Å²) in [5.74, 6) is 0.595. The first kappa shape index (κ1) is 14.3. The first-order valence-electron chi connectivity index (χ1n) is 6.23. The second-order valence-corrected chi connectivity index (χ2v) is 4.56. The minimum atomic E-state index is -0.251. The summed E-state index contributed by atoms with van der Waals surface area (Å²) >= 11 is 0. The smallest absolute Gasteiger partial charge is 0.217 e. The van der Waals surface area contributed by atoms with Gasteiger partial charge < -0.3 is 10.5 Å². The van der Waals surface area contributed by atoms with Crippen LogP contribution in [0.4, 0.5) is 0 Å². The molecule has 0 fully saturated rings. The van der Waals surface area contributed by atoms with Crippen molar-refractivity contribution in [2.75, 3.05) is 0 Å². The van der Waals surface area contributed by atoms with Gasteiger partial charge in [-0.25, -0.2) is 0 Å². The molecule has 0 aliphatic rings. The molecule has 0 unspecified atom stereocenters. The highest BCUT2D eigenvalue weighted by Crippen LogP contribution is 2.23. The lowest BCUT2D eigenvalue weighted by Gasteiger charge is -2.13. The number of rotatable bonds is 7. The number of nitrogens with two attached hydrogens (primary N) is 1. The third-order valence-electron chi connectivity index (χ3n) is 2.55. The molecule has 3 nitrogen and oxygen atoms in total. The quantitative estimate of drug-likeness (QED) is 0.805. The molecule has 0 aromatic heterocycles. The summed E-state index contributed by atoms with van der Waals surface area (Å²) in [7, 11) is 0. The second-order valence-electron chi connectivity index (χ2n) is 4.56. The molecule has 0 heterocycles. The number of aryl methyl sites for hydroxylation is 1. The summed E-state index contributed by atoms with van der Waals surface area (Å²) in [4.78, 5) is 10.7. The van der Waals surface area contributed by atoms with Crippen molar-refractivity contribution >= 4 is 12.0 Å². The van der Waals surface area contributed by atoms with E-state index in [1.54, 1.807) is 6.08 Å². The van der Waals surface area contributed by atoms with Crippen molar-refractivity contribution in [3.8, 4) is 5.75 Å². The van der Waals surface area contributed by atoms with E-state index in [2.05, 4.69) is 6.58 Å². The molecule has 1 aromatic rings. The first-order chi connectivity index (χ1) is 8.52. The lowest BCUT2D eigenvalue weighted by Crippen LogP contribution is -2.10. The van der Waals surface area contributed by atoms with Crippen LogP contribution in [0, 0.1) is 0 Å². The van der Waals surface area contributed by atoms with E-state index in [1.807, 2.05) is 32.0 Å². The highest BCUT2D eigenvalue weighted by Gasteiger charge is 2.05. The van der Waals surface area contributed by atoms with Gasteiger partial charge in [0.05, 0.1) is 6.10 Å². The van der Waals surface area contributed by atoms with Gasteiger partial charge in [-0.3, -0.25) is 4.79 Å². The molecule has 0 radical (unpaired) electrons. The predicted molar refractivity (Wildman–Crippen MR) is 74.4 cm³/mol. The Morgan fingerprint density at radius 1 is 1.50 bits per heavy atom. The lowest BCUT2D eigenvalue weighted by atomic mass is 10.0. The second kappa shape index (κ2) is 6.84. The molecule has 1 amide bonds. The Morgan fingerprint density at radius 3 is 2.78 bits per heavy atom. The minimum Gasteiger partial charge on any atom is -0.490 e. The van der Waals surface area contributed by atoms with Gasteiger partial charge in [0.2, 0.25) is 5.91 Å². The van der Waals surface area contributed by atoms with Crippen LogP contribution < -0.4 is 10.5 Å². The first-order valence-corrected chi connectivity index (χ1v) is 6.23. The predicted octanol–water partition coefficient (Wildman–Crippen LogP) is 2.92. The number of primary amides is 1. The molecule has 2 N–H and O–H groups in total. The third-order valence-corrected chi connectivity index (χ3v) is 2.55. The van der Waals surface area contributed by atoms with Gasteiger partial charge in [-0.2, -0.15) is 0 Å². The Kier molecular flexibility index (Phi) is 5.43. The fraction of sp³-hybridized carbons (Fsp3) is 0.400. The van der Waals surface area contributed by atoms with E-state index in [0.717, 1.165) is 24.2 Å². The van der Waals surface area contributed by atoms with Crippen LogP contribution >= 0.6 is 0 Å². The van der Waals surface area contributed by atoms with Crippen LogP contribution in [0.25, 0.3) is 6.08 Å². The third kappa shape index (κ3) is 4.62. The molecule has 0 saturated carbocycles. The molecule has 0 aliphatic carbocycles. The maximum Gasteiger partial charge on any atom is 0.217 e. The van der Waals surface area contributed by atoms with Crippen LogP contribution in [0.15, 0.2) is 24.8 Å². The van der Waals surface area contributed by atoms with Crippen LogP contribution in [-0.4, -0.2) is 12.0 Å². The molecular weight excluding hydrogens is 226 g/mol. The van der Waals surface area contributed by atoms with Crippen LogP contribution in [0.2, 0.25) is 0 Å². The average molecular weight is 247 g/mol. The van der Waals surface area contributed by atoms with E-state index < -0.39 is 0 Å². The van der Waals surface area contributed by atoms with Crippen molar-refractivity contribution in [2.24, 2.45) is 5.73 Å². The van der Waals surface area contributed by atoms with Gasteiger partial charge in [-0.1, -0.05) is 18.7 Å². The fourth-order valence-electron chi connectivity index (χ4n) is 1.74.